The van der Waals surface area contributed by atoms with Crippen LogP contribution in [0.25, 0.3) is 0 Å². The standard InChI is InChI=1S/C21H28N2O6/c24-19(28-14-5-4-11-23-12-16-27-17-13-23)8-9-20(25)29-15-10-22-21(26)18-6-2-1-3-7-18/h1-3,6-9H,4-5,10-17H2,(H,22,26)/b9-8+. The molecule has 0 spiro atoms. The van der Waals surface area contributed by atoms with Gasteiger partial charge in [0.15, 0.2) is 0 Å². The highest BCUT2D eigenvalue weighted by atomic mass is 16.5. The summed E-state index contributed by atoms with van der Waals surface area (Å²) in [5.74, 6) is -1.48. The molecule has 0 saturated carbocycles. The second-order valence-corrected chi connectivity index (χ2v) is 6.45. The normalized spacial score (nSPS) is 14.5. The fourth-order valence-corrected chi connectivity index (χ4v) is 2.68. The minimum atomic E-state index is -0.664. The molecule has 1 amide bonds. The highest BCUT2D eigenvalue weighted by Gasteiger charge is 2.09. The zero-order valence-corrected chi connectivity index (χ0v) is 16.5. The van der Waals surface area contributed by atoms with E-state index >= 15 is 0 Å². The summed E-state index contributed by atoms with van der Waals surface area (Å²) >= 11 is 0. The van der Waals surface area contributed by atoms with Crippen LogP contribution >= 0.6 is 0 Å². The second-order valence-electron chi connectivity index (χ2n) is 6.45. The number of nitrogens with one attached hydrogen (secondary N) is 1. The molecule has 0 aromatic heterocycles. The van der Waals surface area contributed by atoms with Gasteiger partial charge in [-0.1, -0.05) is 18.2 Å². The van der Waals surface area contributed by atoms with E-state index in [2.05, 4.69) is 10.2 Å². The summed E-state index contributed by atoms with van der Waals surface area (Å²) in [5, 5.41) is 2.64. The van der Waals surface area contributed by atoms with Crippen molar-refractivity contribution >= 4 is 17.8 Å². The Balaban J connectivity index is 1.48. The van der Waals surface area contributed by atoms with Crippen LogP contribution in [-0.2, 0) is 23.8 Å². The molecule has 2 rings (SSSR count). The van der Waals surface area contributed by atoms with E-state index < -0.39 is 11.9 Å². The molecule has 1 aliphatic heterocycles. The summed E-state index contributed by atoms with van der Waals surface area (Å²) < 4.78 is 15.3. The van der Waals surface area contributed by atoms with Crippen molar-refractivity contribution < 1.29 is 28.6 Å². The van der Waals surface area contributed by atoms with Gasteiger partial charge < -0.3 is 19.5 Å². The average Bonchev–Trinajstić information content (AvgIpc) is 2.76. The maximum Gasteiger partial charge on any atom is 0.331 e. The lowest BCUT2D eigenvalue weighted by Crippen LogP contribution is -2.36. The Bertz CT molecular complexity index is 671. The fraction of sp³-hybridized carbons (Fsp3) is 0.476. The molecule has 0 atom stereocenters. The predicted molar refractivity (Wildman–Crippen MR) is 106 cm³/mol. The molecule has 0 aliphatic carbocycles. The van der Waals surface area contributed by atoms with Crippen LogP contribution in [0, 0.1) is 0 Å². The third-order valence-corrected chi connectivity index (χ3v) is 4.24. The van der Waals surface area contributed by atoms with Crippen molar-refractivity contribution in [3.63, 3.8) is 0 Å². The number of benzene rings is 1. The van der Waals surface area contributed by atoms with Gasteiger partial charge >= 0.3 is 11.9 Å². The van der Waals surface area contributed by atoms with E-state index in [1.165, 1.54) is 0 Å². The second kappa shape index (κ2) is 13.5. The molecule has 1 heterocycles. The van der Waals surface area contributed by atoms with E-state index in [0.717, 1.165) is 57.8 Å². The van der Waals surface area contributed by atoms with Crippen molar-refractivity contribution in [2.45, 2.75) is 12.8 Å². The zero-order valence-electron chi connectivity index (χ0n) is 16.5. The van der Waals surface area contributed by atoms with Crippen LogP contribution in [0.3, 0.4) is 0 Å². The van der Waals surface area contributed by atoms with E-state index in [0.29, 0.717) is 12.2 Å². The van der Waals surface area contributed by atoms with Gasteiger partial charge in [-0.15, -0.1) is 0 Å². The predicted octanol–water partition coefficient (Wildman–Crippen LogP) is 1.17. The molecule has 1 aromatic carbocycles. The van der Waals surface area contributed by atoms with E-state index in [-0.39, 0.29) is 19.1 Å². The van der Waals surface area contributed by atoms with Gasteiger partial charge in [0.05, 0.1) is 26.4 Å². The fourth-order valence-electron chi connectivity index (χ4n) is 2.68. The summed E-state index contributed by atoms with van der Waals surface area (Å²) in [6.07, 6.45) is 3.78. The topological polar surface area (TPSA) is 94.2 Å². The summed E-state index contributed by atoms with van der Waals surface area (Å²) in [6, 6.07) is 8.74. The van der Waals surface area contributed by atoms with Crippen molar-refractivity contribution in [2.24, 2.45) is 0 Å². The van der Waals surface area contributed by atoms with Gasteiger partial charge in [-0.2, -0.15) is 0 Å². The number of rotatable bonds is 11. The monoisotopic (exact) mass is 404 g/mol. The first kappa shape index (κ1) is 22.6. The molecule has 1 fully saturated rings. The Kier molecular flexibility index (Phi) is 10.5. The number of hydrogen-bond donors (Lipinski definition) is 1. The number of amides is 1. The molecular weight excluding hydrogens is 376 g/mol. The number of carbonyl (C=O) groups excluding carboxylic acids is 3. The Morgan fingerprint density at radius 3 is 2.31 bits per heavy atom. The highest BCUT2D eigenvalue weighted by molar-refractivity contribution is 5.94. The largest absolute Gasteiger partial charge is 0.463 e. The van der Waals surface area contributed by atoms with Crippen molar-refractivity contribution in [3.8, 4) is 0 Å². The summed E-state index contributed by atoms with van der Waals surface area (Å²) in [5.41, 5.74) is 0.534. The molecule has 0 bridgehead atoms. The van der Waals surface area contributed by atoms with Crippen LogP contribution in [0.4, 0.5) is 0 Å². The number of esters is 2. The lowest BCUT2D eigenvalue weighted by molar-refractivity contribution is -0.140. The first-order chi connectivity index (χ1) is 14.1. The quantitative estimate of drug-likeness (QED) is 0.336. The molecule has 158 valence electrons. The Morgan fingerprint density at radius 1 is 0.966 bits per heavy atom. The van der Waals surface area contributed by atoms with Crippen molar-refractivity contribution in [2.75, 3.05) is 52.6 Å². The number of morpholine rings is 1. The van der Waals surface area contributed by atoms with Crippen LogP contribution in [0.15, 0.2) is 42.5 Å². The molecule has 8 nitrogen and oxygen atoms in total. The molecule has 1 saturated heterocycles. The van der Waals surface area contributed by atoms with Gasteiger partial charge in [-0.3, -0.25) is 9.69 Å². The Morgan fingerprint density at radius 2 is 1.62 bits per heavy atom. The van der Waals surface area contributed by atoms with Gasteiger partial charge in [0, 0.05) is 30.8 Å². The molecule has 1 aliphatic rings. The van der Waals surface area contributed by atoms with E-state index in [4.69, 9.17) is 14.2 Å². The number of ether oxygens (including phenoxy) is 3. The summed E-state index contributed by atoms with van der Waals surface area (Å²) in [4.78, 5) is 37.3. The zero-order chi connectivity index (χ0) is 20.7. The first-order valence-electron chi connectivity index (χ1n) is 9.80. The van der Waals surface area contributed by atoms with Crippen LogP contribution in [0.1, 0.15) is 23.2 Å². The minimum Gasteiger partial charge on any atom is -0.463 e. The molecule has 8 heteroatoms. The number of hydrogen-bond acceptors (Lipinski definition) is 7. The van der Waals surface area contributed by atoms with E-state index in [9.17, 15) is 14.4 Å². The molecular formula is C21H28N2O6. The third kappa shape index (κ3) is 9.87. The molecule has 29 heavy (non-hydrogen) atoms. The third-order valence-electron chi connectivity index (χ3n) is 4.24. The Labute approximate surface area is 170 Å². The lowest BCUT2D eigenvalue weighted by atomic mass is 10.2. The van der Waals surface area contributed by atoms with Crippen LogP contribution in [0.5, 0.6) is 0 Å². The molecule has 0 radical (unpaired) electrons. The smallest absolute Gasteiger partial charge is 0.331 e. The summed E-state index contributed by atoms with van der Waals surface area (Å²) in [7, 11) is 0. The molecule has 1 N–H and O–H groups in total. The van der Waals surface area contributed by atoms with Crippen molar-refractivity contribution in [3.05, 3.63) is 48.0 Å². The number of unbranched alkanes of at least 4 members (excludes halogenated alkanes) is 1. The Hall–Kier alpha value is -2.71. The number of carbonyl (C=O) groups is 3. The van der Waals surface area contributed by atoms with Gasteiger partial charge in [0.25, 0.3) is 5.91 Å². The van der Waals surface area contributed by atoms with Crippen LogP contribution in [0.2, 0.25) is 0 Å². The molecule has 1 aromatic rings. The maximum absolute atomic E-state index is 11.8. The van der Waals surface area contributed by atoms with Crippen LogP contribution < -0.4 is 5.32 Å². The SMILES string of the molecule is O=C(/C=C/C(=O)OCCNC(=O)c1ccccc1)OCCCCN1CCOCC1. The first-order valence-corrected chi connectivity index (χ1v) is 9.80. The molecule has 0 unspecified atom stereocenters. The highest BCUT2D eigenvalue weighted by Crippen LogP contribution is 2.01. The minimum absolute atomic E-state index is 0.0122. The van der Waals surface area contributed by atoms with Gasteiger partial charge in [-0.25, -0.2) is 9.59 Å². The van der Waals surface area contributed by atoms with Gasteiger partial charge in [-0.05, 0) is 31.5 Å². The average molecular weight is 404 g/mol. The lowest BCUT2D eigenvalue weighted by Gasteiger charge is -2.26. The summed E-state index contributed by atoms with van der Waals surface area (Å²) in [6.45, 7) is 4.91. The maximum atomic E-state index is 11.8. The number of nitrogens with zero attached hydrogens (tertiary/aromatic N) is 1. The van der Waals surface area contributed by atoms with Gasteiger partial charge in [0.2, 0.25) is 0 Å². The van der Waals surface area contributed by atoms with Crippen molar-refractivity contribution in [1.82, 2.24) is 10.2 Å². The van der Waals surface area contributed by atoms with E-state index in [1.807, 2.05) is 6.07 Å². The van der Waals surface area contributed by atoms with Crippen molar-refractivity contribution in [1.29, 1.82) is 0 Å². The van der Waals surface area contributed by atoms with Gasteiger partial charge in [0.1, 0.15) is 6.61 Å². The van der Waals surface area contributed by atoms with E-state index in [1.54, 1.807) is 24.3 Å². The van der Waals surface area contributed by atoms with Crippen LogP contribution in [-0.4, -0.2) is 75.4 Å².